The van der Waals surface area contributed by atoms with Crippen LogP contribution in [0.3, 0.4) is 0 Å². The first kappa shape index (κ1) is 13.6. The third-order valence-electron chi connectivity index (χ3n) is 3.09. The normalized spacial score (nSPS) is 10.8. The van der Waals surface area contributed by atoms with Gasteiger partial charge < -0.3 is 9.73 Å². The first-order valence-corrected chi connectivity index (χ1v) is 6.95. The summed E-state index contributed by atoms with van der Waals surface area (Å²) in [5.41, 5.74) is 0.339. The predicted molar refractivity (Wildman–Crippen MR) is 77.5 cm³/mol. The summed E-state index contributed by atoms with van der Waals surface area (Å²) in [6, 6.07) is 7.53. The van der Waals surface area contributed by atoms with Gasteiger partial charge in [0.25, 0.3) is 6.01 Å². The van der Waals surface area contributed by atoms with E-state index in [2.05, 4.69) is 17.2 Å². The molecular formula is C15H20N2O2. The molecular weight excluding hydrogens is 240 g/mol. The molecule has 0 aliphatic rings. The number of hydrogen-bond acceptors (Lipinski definition) is 4. The van der Waals surface area contributed by atoms with E-state index in [0.29, 0.717) is 16.9 Å². The standard InChI is InChI=1S/C15H20N2O2/c1-2-3-4-5-8-11-16-15-17-13-10-7-6-9-12(13)14(18)19-15/h6-7,9-10H,2-5,8,11H2,1H3,(H,16,17). The van der Waals surface area contributed by atoms with Crippen LogP contribution in [0.1, 0.15) is 39.0 Å². The van der Waals surface area contributed by atoms with Crippen molar-refractivity contribution in [1.29, 1.82) is 0 Å². The Balaban J connectivity index is 1.92. The monoisotopic (exact) mass is 260 g/mol. The van der Waals surface area contributed by atoms with Crippen molar-refractivity contribution < 1.29 is 4.42 Å². The van der Waals surface area contributed by atoms with Crippen molar-refractivity contribution in [3.63, 3.8) is 0 Å². The third-order valence-corrected chi connectivity index (χ3v) is 3.09. The molecule has 0 aliphatic heterocycles. The molecule has 4 heteroatoms. The molecule has 0 saturated heterocycles. The minimum Gasteiger partial charge on any atom is -0.389 e. The van der Waals surface area contributed by atoms with Gasteiger partial charge in [-0.2, -0.15) is 4.98 Å². The van der Waals surface area contributed by atoms with Gasteiger partial charge in [-0.1, -0.05) is 44.7 Å². The first-order chi connectivity index (χ1) is 9.31. The van der Waals surface area contributed by atoms with Crippen LogP contribution < -0.4 is 10.9 Å². The molecule has 0 radical (unpaired) electrons. The van der Waals surface area contributed by atoms with E-state index in [9.17, 15) is 4.79 Å². The van der Waals surface area contributed by atoms with Crippen molar-refractivity contribution in [1.82, 2.24) is 4.98 Å². The summed E-state index contributed by atoms with van der Waals surface area (Å²) in [6.45, 7) is 2.99. The number of aromatic nitrogens is 1. The van der Waals surface area contributed by atoms with Crippen LogP contribution in [-0.4, -0.2) is 11.5 Å². The van der Waals surface area contributed by atoms with Crippen molar-refractivity contribution in [2.45, 2.75) is 39.0 Å². The van der Waals surface area contributed by atoms with Crippen molar-refractivity contribution >= 4 is 16.9 Å². The number of unbranched alkanes of at least 4 members (excludes halogenated alkanes) is 4. The summed E-state index contributed by atoms with van der Waals surface area (Å²) >= 11 is 0. The molecule has 1 heterocycles. The zero-order valence-electron chi connectivity index (χ0n) is 11.3. The van der Waals surface area contributed by atoms with Gasteiger partial charge in [-0.05, 0) is 18.6 Å². The quantitative estimate of drug-likeness (QED) is 0.773. The Morgan fingerprint density at radius 1 is 1.16 bits per heavy atom. The van der Waals surface area contributed by atoms with Crippen LogP contribution in [0.25, 0.3) is 10.9 Å². The Labute approximate surface area is 112 Å². The van der Waals surface area contributed by atoms with E-state index in [1.54, 1.807) is 6.07 Å². The molecule has 0 atom stereocenters. The lowest BCUT2D eigenvalue weighted by Crippen LogP contribution is -2.08. The molecule has 2 aromatic rings. The van der Waals surface area contributed by atoms with Gasteiger partial charge in [-0.25, -0.2) is 4.79 Å². The highest BCUT2D eigenvalue weighted by Gasteiger charge is 2.04. The van der Waals surface area contributed by atoms with Crippen LogP contribution in [-0.2, 0) is 0 Å². The highest BCUT2D eigenvalue weighted by Crippen LogP contribution is 2.10. The fraction of sp³-hybridized carbons (Fsp3) is 0.467. The van der Waals surface area contributed by atoms with Gasteiger partial charge in [0.1, 0.15) is 0 Å². The zero-order valence-corrected chi connectivity index (χ0v) is 11.3. The topological polar surface area (TPSA) is 55.1 Å². The molecule has 0 fully saturated rings. The van der Waals surface area contributed by atoms with E-state index < -0.39 is 0 Å². The van der Waals surface area contributed by atoms with E-state index in [4.69, 9.17) is 4.42 Å². The Morgan fingerprint density at radius 2 is 1.95 bits per heavy atom. The fourth-order valence-electron chi connectivity index (χ4n) is 2.02. The molecule has 1 N–H and O–H groups in total. The van der Waals surface area contributed by atoms with Crippen LogP contribution in [0.2, 0.25) is 0 Å². The predicted octanol–water partition coefficient (Wildman–Crippen LogP) is 3.57. The lowest BCUT2D eigenvalue weighted by molar-refractivity contribution is 0.514. The van der Waals surface area contributed by atoms with E-state index in [-0.39, 0.29) is 5.63 Å². The number of anilines is 1. The average molecular weight is 260 g/mol. The lowest BCUT2D eigenvalue weighted by Gasteiger charge is -2.04. The van der Waals surface area contributed by atoms with Gasteiger partial charge in [0.05, 0.1) is 10.9 Å². The smallest absolute Gasteiger partial charge is 0.348 e. The number of nitrogens with one attached hydrogen (secondary N) is 1. The van der Waals surface area contributed by atoms with Crippen molar-refractivity contribution in [2.24, 2.45) is 0 Å². The second-order valence-corrected chi connectivity index (χ2v) is 4.66. The molecule has 0 spiro atoms. The Hall–Kier alpha value is -1.84. The number of nitrogens with zero attached hydrogens (tertiary/aromatic N) is 1. The summed E-state index contributed by atoms with van der Waals surface area (Å²) in [7, 11) is 0. The van der Waals surface area contributed by atoms with E-state index in [0.717, 1.165) is 13.0 Å². The fourth-order valence-corrected chi connectivity index (χ4v) is 2.02. The van der Waals surface area contributed by atoms with Crippen molar-refractivity contribution in [3.05, 3.63) is 34.7 Å². The van der Waals surface area contributed by atoms with Gasteiger partial charge in [0.15, 0.2) is 0 Å². The van der Waals surface area contributed by atoms with Crippen LogP contribution in [0.5, 0.6) is 0 Å². The second kappa shape index (κ2) is 6.92. The molecule has 1 aromatic heterocycles. The summed E-state index contributed by atoms with van der Waals surface area (Å²) in [4.78, 5) is 16.0. The van der Waals surface area contributed by atoms with Gasteiger partial charge in [-0.15, -0.1) is 0 Å². The molecule has 0 bridgehead atoms. The molecule has 0 amide bonds. The van der Waals surface area contributed by atoms with Crippen LogP contribution >= 0.6 is 0 Å². The number of para-hydroxylation sites is 1. The van der Waals surface area contributed by atoms with Gasteiger partial charge in [0.2, 0.25) is 0 Å². The Kier molecular flexibility index (Phi) is 4.95. The molecule has 4 nitrogen and oxygen atoms in total. The van der Waals surface area contributed by atoms with Crippen molar-refractivity contribution in [2.75, 3.05) is 11.9 Å². The van der Waals surface area contributed by atoms with Crippen LogP contribution in [0, 0.1) is 0 Å². The van der Waals surface area contributed by atoms with E-state index >= 15 is 0 Å². The van der Waals surface area contributed by atoms with E-state index in [1.165, 1.54) is 25.7 Å². The summed E-state index contributed by atoms with van der Waals surface area (Å²) in [5, 5.41) is 3.60. The molecule has 2 rings (SSSR count). The molecule has 0 aliphatic carbocycles. The zero-order chi connectivity index (χ0) is 13.5. The highest BCUT2D eigenvalue weighted by molar-refractivity contribution is 5.77. The number of rotatable bonds is 7. The maximum absolute atomic E-state index is 11.7. The molecule has 19 heavy (non-hydrogen) atoms. The largest absolute Gasteiger partial charge is 0.389 e. The first-order valence-electron chi connectivity index (χ1n) is 6.95. The third kappa shape index (κ3) is 3.81. The average Bonchev–Trinajstić information content (AvgIpc) is 2.43. The van der Waals surface area contributed by atoms with Crippen LogP contribution in [0.4, 0.5) is 6.01 Å². The summed E-state index contributed by atoms with van der Waals surface area (Å²) in [6.07, 6.45) is 6.04. The second-order valence-electron chi connectivity index (χ2n) is 4.66. The maximum atomic E-state index is 11.7. The maximum Gasteiger partial charge on any atom is 0.348 e. The molecule has 102 valence electrons. The number of benzene rings is 1. The minimum atomic E-state index is -0.334. The van der Waals surface area contributed by atoms with Gasteiger partial charge in [0, 0.05) is 6.54 Å². The summed E-state index contributed by atoms with van der Waals surface area (Å²) < 4.78 is 5.14. The molecule has 0 saturated carbocycles. The lowest BCUT2D eigenvalue weighted by atomic mass is 10.1. The van der Waals surface area contributed by atoms with Crippen LogP contribution in [0.15, 0.2) is 33.5 Å². The number of fused-ring (bicyclic) bond motifs is 1. The van der Waals surface area contributed by atoms with E-state index in [1.807, 2.05) is 18.2 Å². The Bertz CT molecular complexity index is 578. The highest BCUT2D eigenvalue weighted by atomic mass is 16.4. The van der Waals surface area contributed by atoms with Gasteiger partial charge in [-0.3, -0.25) is 0 Å². The minimum absolute atomic E-state index is 0.319. The Morgan fingerprint density at radius 3 is 2.79 bits per heavy atom. The molecule has 0 unspecified atom stereocenters. The SMILES string of the molecule is CCCCCCCNc1nc2ccccc2c(=O)o1. The summed E-state index contributed by atoms with van der Waals surface area (Å²) in [5.74, 6) is 0. The van der Waals surface area contributed by atoms with Gasteiger partial charge >= 0.3 is 5.63 Å². The molecule has 1 aromatic carbocycles. The van der Waals surface area contributed by atoms with Crippen molar-refractivity contribution in [3.8, 4) is 0 Å². The number of hydrogen-bond donors (Lipinski definition) is 1.